The molecule has 0 bridgehead atoms. The van der Waals surface area contributed by atoms with Gasteiger partial charge in [0.2, 0.25) is 0 Å². The van der Waals surface area contributed by atoms with Gasteiger partial charge >= 0.3 is 35.9 Å². The number of hydrogen-bond donors (Lipinski definition) is 0. The summed E-state index contributed by atoms with van der Waals surface area (Å²) >= 11 is 0. The van der Waals surface area contributed by atoms with E-state index in [-0.39, 0.29) is 0 Å². The van der Waals surface area contributed by atoms with Gasteiger partial charge in [0.05, 0.1) is 0 Å². The predicted octanol–water partition coefficient (Wildman–Crippen LogP) is 6.04. The minimum absolute atomic E-state index is 1.39. The van der Waals surface area contributed by atoms with E-state index in [9.17, 15) is 70.2 Å². The highest BCUT2D eigenvalue weighted by atomic mass is 19.4. The van der Waals surface area contributed by atoms with Crippen LogP contribution in [0.4, 0.5) is 70.2 Å². The van der Waals surface area contributed by atoms with Crippen LogP contribution in [0, 0.1) is 0 Å². The summed E-state index contributed by atoms with van der Waals surface area (Å²) in [5.41, 5.74) is -15.2. The summed E-state index contributed by atoms with van der Waals surface area (Å²) in [7, 11) is 0. The third-order valence-corrected chi connectivity index (χ3v) is 3.14. The third-order valence-electron chi connectivity index (χ3n) is 3.14. The molecule has 0 aliphatic heterocycles. The van der Waals surface area contributed by atoms with Crippen LogP contribution >= 0.6 is 0 Å². The normalized spacial score (nSPS) is 16.7. The summed E-state index contributed by atoms with van der Waals surface area (Å²) in [4.78, 5) is 0. The van der Waals surface area contributed by atoms with Gasteiger partial charge in [-0.3, -0.25) is 0 Å². The lowest BCUT2D eigenvalue weighted by atomic mass is 9.88. The first-order valence-electron chi connectivity index (χ1n) is 5.93. The zero-order chi connectivity index (χ0) is 22.7. The lowest BCUT2D eigenvalue weighted by Gasteiger charge is -2.49. The quantitative estimate of drug-likeness (QED) is 0.479. The molecule has 164 valence electrons. The van der Waals surface area contributed by atoms with Gasteiger partial charge < -0.3 is 4.74 Å². The Morgan fingerprint density at radius 2 is 0.519 bits per heavy atom. The van der Waals surface area contributed by atoms with Crippen LogP contribution in [-0.2, 0) is 4.74 Å². The molecule has 0 saturated heterocycles. The second kappa shape index (κ2) is 6.17. The first-order valence-corrected chi connectivity index (χ1v) is 5.93. The van der Waals surface area contributed by atoms with Crippen molar-refractivity contribution in [2.75, 3.05) is 0 Å². The second-order valence-electron chi connectivity index (χ2n) is 5.23. The van der Waals surface area contributed by atoms with Gasteiger partial charge in [0.1, 0.15) is 0 Å². The molecule has 0 aliphatic rings. The molecule has 0 aliphatic carbocycles. The van der Waals surface area contributed by atoms with Crippen LogP contribution in [0.3, 0.4) is 0 Å². The topological polar surface area (TPSA) is 9.23 Å². The van der Waals surface area contributed by atoms with Crippen molar-refractivity contribution in [1.82, 2.24) is 0 Å². The monoisotopic (exact) mass is 446 g/mol. The first kappa shape index (κ1) is 25.8. The largest absolute Gasteiger partial charge is 0.432 e. The predicted molar refractivity (Wildman–Crippen MR) is 52.0 cm³/mol. The summed E-state index contributed by atoms with van der Waals surface area (Å²) in [5, 5.41) is 0. The van der Waals surface area contributed by atoms with Crippen molar-refractivity contribution in [1.29, 1.82) is 0 Å². The average molecular weight is 446 g/mol. The molecule has 0 N–H and O–H groups in total. The molecular formula is C10H6F16O. The van der Waals surface area contributed by atoms with Gasteiger partial charge in [-0.1, -0.05) is 0 Å². The van der Waals surface area contributed by atoms with Gasteiger partial charge in [-0.25, -0.2) is 17.6 Å². The highest BCUT2D eigenvalue weighted by Crippen LogP contribution is 2.62. The van der Waals surface area contributed by atoms with E-state index >= 15 is 0 Å². The molecule has 0 heterocycles. The fourth-order valence-corrected chi connectivity index (χ4v) is 1.96. The SMILES string of the molecule is CC(F)(F)C(OC(C(C)(F)F)(C(F)(F)F)C(F)(F)F)(C(F)(F)F)C(F)(F)F. The number of alkyl halides is 16. The Balaban J connectivity index is 7.45. The van der Waals surface area contributed by atoms with Crippen LogP contribution < -0.4 is 0 Å². The standard InChI is InChI=1S/C10H6F16O/c1-3(11,12)5(7(15,16)17,8(18,19)20)27-6(4(2,13)14,9(21,22)23)10(24,25)26/h1-2H3. The van der Waals surface area contributed by atoms with Crippen molar-refractivity contribution >= 4 is 0 Å². The highest BCUT2D eigenvalue weighted by Gasteiger charge is 2.92. The van der Waals surface area contributed by atoms with E-state index in [0.29, 0.717) is 0 Å². The smallest absolute Gasteiger partial charge is 0.324 e. The molecular weight excluding hydrogens is 440 g/mol. The lowest BCUT2D eigenvalue weighted by Crippen LogP contribution is -2.78. The maximum Gasteiger partial charge on any atom is 0.432 e. The highest BCUT2D eigenvalue weighted by molar-refractivity contribution is 5.13. The summed E-state index contributed by atoms with van der Waals surface area (Å²) in [6, 6.07) is 0. The van der Waals surface area contributed by atoms with Crippen LogP contribution in [-0.4, -0.2) is 47.8 Å². The molecule has 0 radical (unpaired) electrons. The Bertz CT molecular complexity index is 400. The third kappa shape index (κ3) is 3.74. The Hall–Kier alpha value is -1.16. The fraction of sp³-hybridized carbons (Fsp3) is 1.00. The maximum absolute atomic E-state index is 13.2. The Morgan fingerprint density at radius 1 is 0.370 bits per heavy atom. The van der Waals surface area contributed by atoms with Crippen LogP contribution in [0.25, 0.3) is 0 Å². The molecule has 1 nitrogen and oxygen atoms in total. The summed E-state index contributed by atoms with van der Waals surface area (Å²) < 4.78 is 208. The molecule has 0 aromatic heterocycles. The van der Waals surface area contributed by atoms with Gasteiger partial charge in [0.15, 0.2) is 0 Å². The van der Waals surface area contributed by atoms with E-state index in [2.05, 4.69) is 0 Å². The number of ether oxygens (including phenoxy) is 1. The minimum Gasteiger partial charge on any atom is -0.324 e. The van der Waals surface area contributed by atoms with Crippen LogP contribution in [0.5, 0.6) is 0 Å². The molecule has 0 aromatic carbocycles. The summed E-state index contributed by atoms with van der Waals surface area (Å²) in [6.07, 6.45) is -31.0. The van der Waals surface area contributed by atoms with Gasteiger partial charge in [0.25, 0.3) is 11.8 Å². The minimum atomic E-state index is -7.74. The number of rotatable bonds is 4. The van der Waals surface area contributed by atoms with Gasteiger partial charge in [0, 0.05) is 13.8 Å². The van der Waals surface area contributed by atoms with Gasteiger partial charge in [-0.05, 0) is 0 Å². The van der Waals surface area contributed by atoms with Gasteiger partial charge in [-0.15, -0.1) is 0 Å². The molecule has 27 heavy (non-hydrogen) atoms. The molecule has 0 atom stereocenters. The second-order valence-corrected chi connectivity index (χ2v) is 5.23. The Kier molecular flexibility index (Phi) is 5.90. The lowest BCUT2D eigenvalue weighted by molar-refractivity contribution is -0.518. The summed E-state index contributed by atoms with van der Waals surface area (Å²) in [6.45, 7) is -2.78. The molecule has 17 heteroatoms. The molecule has 0 rings (SSSR count). The Morgan fingerprint density at radius 3 is 0.593 bits per heavy atom. The van der Waals surface area contributed by atoms with E-state index in [0.717, 1.165) is 0 Å². The van der Waals surface area contributed by atoms with Crippen molar-refractivity contribution in [3.8, 4) is 0 Å². The molecule has 0 fully saturated rings. The van der Waals surface area contributed by atoms with Crippen molar-refractivity contribution < 1.29 is 75.0 Å². The number of halogens is 16. The van der Waals surface area contributed by atoms with E-state index in [1.807, 2.05) is 4.74 Å². The zero-order valence-electron chi connectivity index (χ0n) is 12.5. The molecule has 0 saturated carbocycles. The molecule has 0 aromatic rings. The summed E-state index contributed by atoms with van der Waals surface area (Å²) in [5.74, 6) is -13.2. The molecule has 0 unspecified atom stereocenters. The maximum atomic E-state index is 13.2. The van der Waals surface area contributed by atoms with Crippen molar-refractivity contribution in [3.05, 3.63) is 0 Å². The zero-order valence-corrected chi connectivity index (χ0v) is 12.5. The van der Waals surface area contributed by atoms with Crippen molar-refractivity contribution in [3.63, 3.8) is 0 Å². The average Bonchev–Trinajstić information content (AvgIpc) is 2.16. The van der Waals surface area contributed by atoms with Crippen molar-refractivity contribution in [2.45, 2.75) is 61.6 Å². The van der Waals surface area contributed by atoms with E-state index in [1.165, 1.54) is 0 Å². The van der Waals surface area contributed by atoms with E-state index < -0.39 is 61.6 Å². The molecule has 0 spiro atoms. The Labute approximate surface area is 138 Å². The molecule has 0 amide bonds. The van der Waals surface area contributed by atoms with Crippen molar-refractivity contribution in [2.24, 2.45) is 0 Å². The van der Waals surface area contributed by atoms with E-state index in [4.69, 9.17) is 0 Å². The van der Waals surface area contributed by atoms with E-state index in [1.54, 1.807) is 0 Å². The first-order chi connectivity index (χ1) is 11.2. The number of hydrogen-bond acceptors (Lipinski definition) is 1. The van der Waals surface area contributed by atoms with Crippen LogP contribution in [0.2, 0.25) is 0 Å². The van der Waals surface area contributed by atoms with Gasteiger partial charge in [-0.2, -0.15) is 52.7 Å². The van der Waals surface area contributed by atoms with Crippen LogP contribution in [0.1, 0.15) is 13.8 Å². The fourth-order valence-electron chi connectivity index (χ4n) is 1.96. The van der Waals surface area contributed by atoms with Crippen LogP contribution in [0.15, 0.2) is 0 Å².